The molecule has 4 aromatic rings. The first-order chi connectivity index (χ1) is 17.7. The van der Waals surface area contributed by atoms with Crippen LogP contribution in [0.1, 0.15) is 28.8 Å². The molecule has 7 heteroatoms. The van der Waals surface area contributed by atoms with Gasteiger partial charge in [-0.05, 0) is 85.6 Å². The summed E-state index contributed by atoms with van der Waals surface area (Å²) in [4.78, 5) is 18.8. The van der Waals surface area contributed by atoms with E-state index >= 15 is 0 Å². The molecule has 0 unspecified atom stereocenters. The highest BCUT2D eigenvalue weighted by Gasteiger charge is 2.16. The number of hydrogen-bond donors (Lipinski definition) is 0. The summed E-state index contributed by atoms with van der Waals surface area (Å²) in [7, 11) is 2.92. The number of likely N-dealkylation sites (tertiary alicyclic amines) is 1. The number of carbonyl (C=O) groups is 1. The van der Waals surface area contributed by atoms with Crippen molar-refractivity contribution < 1.29 is 19.0 Å². The topological polar surface area (TPSA) is 65.8 Å². The molecule has 36 heavy (non-hydrogen) atoms. The molecule has 0 N–H and O–H groups in total. The van der Waals surface area contributed by atoms with Crippen molar-refractivity contribution in [3.63, 3.8) is 0 Å². The van der Waals surface area contributed by atoms with Gasteiger partial charge in [0.05, 0.1) is 19.7 Å². The lowest BCUT2D eigenvalue weighted by molar-refractivity contribution is 0.0597. The van der Waals surface area contributed by atoms with Crippen molar-refractivity contribution in [1.29, 1.82) is 0 Å². The van der Waals surface area contributed by atoms with Crippen LogP contribution < -0.4 is 9.47 Å². The average molecular weight is 486 g/mol. The quantitative estimate of drug-likeness (QED) is 0.310. The van der Waals surface area contributed by atoms with Gasteiger partial charge in [0.1, 0.15) is 23.7 Å². The molecule has 0 radical (unpaired) electrons. The van der Waals surface area contributed by atoms with Crippen molar-refractivity contribution in [3.05, 3.63) is 78.1 Å². The van der Waals surface area contributed by atoms with Crippen LogP contribution in [-0.2, 0) is 11.3 Å². The number of carbonyl (C=O) groups excluding carboxylic acids is 1. The van der Waals surface area contributed by atoms with E-state index in [0.717, 1.165) is 40.0 Å². The largest absolute Gasteiger partial charge is 0.496 e. The van der Waals surface area contributed by atoms with Gasteiger partial charge in [-0.15, -0.1) is 0 Å². The van der Waals surface area contributed by atoms with E-state index in [1.54, 1.807) is 19.4 Å². The molecule has 1 aliphatic rings. The first-order valence-corrected chi connectivity index (χ1v) is 12.3. The summed E-state index contributed by atoms with van der Waals surface area (Å²) < 4.78 is 18.6. The molecule has 0 aliphatic carbocycles. The summed E-state index contributed by atoms with van der Waals surface area (Å²) in [5.74, 6) is 0.958. The normalized spacial score (nSPS) is 13.7. The molecule has 7 nitrogen and oxygen atoms in total. The van der Waals surface area contributed by atoms with Crippen molar-refractivity contribution >= 4 is 16.9 Å². The molecule has 1 aliphatic heterocycles. The van der Waals surface area contributed by atoms with Crippen LogP contribution in [0.15, 0.2) is 67.0 Å². The molecule has 2 aromatic heterocycles. The van der Waals surface area contributed by atoms with E-state index in [9.17, 15) is 4.79 Å². The van der Waals surface area contributed by atoms with E-state index < -0.39 is 5.97 Å². The summed E-state index contributed by atoms with van der Waals surface area (Å²) in [6, 6.07) is 18.0. The van der Waals surface area contributed by atoms with Crippen LogP contribution in [0.2, 0.25) is 0 Å². The van der Waals surface area contributed by atoms with Gasteiger partial charge in [-0.1, -0.05) is 6.07 Å². The molecule has 186 valence electrons. The van der Waals surface area contributed by atoms with Crippen molar-refractivity contribution in [2.75, 3.05) is 40.5 Å². The van der Waals surface area contributed by atoms with Gasteiger partial charge in [-0.2, -0.15) is 0 Å². The van der Waals surface area contributed by atoms with Crippen LogP contribution in [0.3, 0.4) is 0 Å². The Kier molecular flexibility index (Phi) is 7.18. The van der Waals surface area contributed by atoms with Crippen LogP contribution >= 0.6 is 0 Å². The zero-order chi connectivity index (χ0) is 24.9. The molecule has 0 saturated carbocycles. The summed E-state index contributed by atoms with van der Waals surface area (Å²) in [5.41, 5.74) is 4.68. The number of fused-ring (bicyclic) bond motifs is 1. The number of nitrogens with zero attached hydrogens (tertiary/aromatic N) is 3. The maximum atomic E-state index is 12.1. The summed E-state index contributed by atoms with van der Waals surface area (Å²) >= 11 is 0. The molecule has 5 rings (SSSR count). The Bertz CT molecular complexity index is 1340. The second-order valence-corrected chi connectivity index (χ2v) is 9.00. The van der Waals surface area contributed by atoms with Gasteiger partial charge in [0, 0.05) is 36.6 Å². The lowest BCUT2D eigenvalue weighted by Crippen LogP contribution is -2.25. The van der Waals surface area contributed by atoms with Gasteiger partial charge < -0.3 is 18.8 Å². The molecule has 1 saturated heterocycles. The average Bonchev–Trinajstić information content (AvgIpc) is 3.57. The molecule has 0 spiro atoms. The molecule has 0 bridgehead atoms. The molecule has 2 aromatic carbocycles. The monoisotopic (exact) mass is 485 g/mol. The minimum Gasteiger partial charge on any atom is -0.496 e. The van der Waals surface area contributed by atoms with E-state index in [0.29, 0.717) is 24.5 Å². The highest BCUT2D eigenvalue weighted by molar-refractivity contribution is 5.92. The highest BCUT2D eigenvalue weighted by atomic mass is 16.5. The summed E-state index contributed by atoms with van der Waals surface area (Å²) in [5, 5.41) is 1.07. The zero-order valence-corrected chi connectivity index (χ0v) is 20.8. The third-order valence-corrected chi connectivity index (χ3v) is 6.74. The minimum atomic E-state index is -0.417. The fourth-order valence-corrected chi connectivity index (χ4v) is 4.84. The molecule has 1 fully saturated rings. The maximum Gasteiger partial charge on any atom is 0.341 e. The SMILES string of the molecule is COC(=O)c1ccc(Cn2c(-c3ccc(OCCN4CCCC4)cc3)cc3cnccc32)cc1OC. The van der Waals surface area contributed by atoms with Crippen molar-refractivity contribution in [2.45, 2.75) is 19.4 Å². The zero-order valence-electron chi connectivity index (χ0n) is 20.8. The van der Waals surface area contributed by atoms with E-state index in [-0.39, 0.29) is 0 Å². The Hall–Kier alpha value is -3.84. The third kappa shape index (κ3) is 5.06. The number of esters is 1. The maximum absolute atomic E-state index is 12.1. The highest BCUT2D eigenvalue weighted by Crippen LogP contribution is 2.31. The lowest BCUT2D eigenvalue weighted by Gasteiger charge is -2.15. The minimum absolute atomic E-state index is 0.408. The van der Waals surface area contributed by atoms with E-state index in [2.05, 4.69) is 32.7 Å². The lowest BCUT2D eigenvalue weighted by atomic mass is 10.1. The predicted octanol–water partition coefficient (Wildman–Crippen LogP) is 5.02. The van der Waals surface area contributed by atoms with Gasteiger partial charge in [0.25, 0.3) is 0 Å². The Labute approximate surface area is 211 Å². The van der Waals surface area contributed by atoms with E-state index in [1.165, 1.54) is 33.0 Å². The van der Waals surface area contributed by atoms with Gasteiger partial charge in [0.2, 0.25) is 0 Å². The first-order valence-electron chi connectivity index (χ1n) is 12.3. The third-order valence-electron chi connectivity index (χ3n) is 6.74. The summed E-state index contributed by atoms with van der Waals surface area (Å²) in [6.07, 6.45) is 6.27. The van der Waals surface area contributed by atoms with Crippen LogP contribution in [0.25, 0.3) is 22.2 Å². The van der Waals surface area contributed by atoms with Crippen LogP contribution in [0.5, 0.6) is 11.5 Å². The van der Waals surface area contributed by atoms with Crippen LogP contribution in [0.4, 0.5) is 0 Å². The second kappa shape index (κ2) is 10.8. The van der Waals surface area contributed by atoms with Crippen molar-refractivity contribution in [2.24, 2.45) is 0 Å². The number of ether oxygens (including phenoxy) is 3. The Balaban J connectivity index is 1.40. The fourth-order valence-electron chi connectivity index (χ4n) is 4.84. The first kappa shape index (κ1) is 23.9. The van der Waals surface area contributed by atoms with Crippen LogP contribution in [0, 0.1) is 0 Å². The van der Waals surface area contributed by atoms with Gasteiger partial charge in [0.15, 0.2) is 0 Å². The van der Waals surface area contributed by atoms with Crippen molar-refractivity contribution in [1.82, 2.24) is 14.5 Å². The smallest absolute Gasteiger partial charge is 0.341 e. The molecular weight excluding hydrogens is 454 g/mol. The number of pyridine rings is 1. The second-order valence-electron chi connectivity index (χ2n) is 9.00. The van der Waals surface area contributed by atoms with E-state index in [4.69, 9.17) is 14.2 Å². The number of rotatable bonds is 9. The number of hydrogen-bond acceptors (Lipinski definition) is 6. The molecule has 0 amide bonds. The molecular formula is C29H31N3O4. The fraction of sp³-hybridized carbons (Fsp3) is 0.310. The standard InChI is InChI=1S/C29H31N3O4/c1-34-28-17-21(5-10-25(28)29(33)35-2)20-32-26-11-12-30-19-23(26)18-27(32)22-6-8-24(9-7-22)36-16-15-31-13-3-4-14-31/h5-12,17-19H,3-4,13-16,20H2,1-2H3. The molecule has 3 heterocycles. The summed E-state index contributed by atoms with van der Waals surface area (Å²) in [6.45, 7) is 4.64. The van der Waals surface area contributed by atoms with Gasteiger partial charge in [-0.25, -0.2) is 4.79 Å². The predicted molar refractivity (Wildman–Crippen MR) is 140 cm³/mol. The Morgan fingerprint density at radius 1 is 1.00 bits per heavy atom. The van der Waals surface area contributed by atoms with Crippen molar-refractivity contribution in [3.8, 4) is 22.8 Å². The number of methoxy groups -OCH3 is 2. The molecule has 0 atom stereocenters. The number of benzene rings is 2. The Morgan fingerprint density at radius 2 is 1.81 bits per heavy atom. The number of aromatic nitrogens is 2. The van der Waals surface area contributed by atoms with Gasteiger partial charge in [-0.3, -0.25) is 9.88 Å². The Morgan fingerprint density at radius 3 is 2.56 bits per heavy atom. The van der Waals surface area contributed by atoms with E-state index in [1.807, 2.05) is 36.5 Å². The van der Waals surface area contributed by atoms with Crippen LogP contribution in [-0.4, -0.2) is 60.9 Å². The van der Waals surface area contributed by atoms with Gasteiger partial charge >= 0.3 is 5.97 Å².